The number of phenolic OH excluding ortho intramolecular Hbond substituents is 1. The molecule has 1 saturated carbocycles. The molecule has 2 aliphatic heterocycles. The third-order valence-electron chi connectivity index (χ3n) is 6.65. The van der Waals surface area contributed by atoms with Crippen LogP contribution in [0.5, 0.6) is 5.75 Å². The van der Waals surface area contributed by atoms with Gasteiger partial charge in [0.2, 0.25) is 0 Å². The van der Waals surface area contributed by atoms with Gasteiger partial charge < -0.3 is 19.8 Å². The SMILES string of the molecule is O=C(C[NH+]1CCN(c2ccc(O)cc2)CC1)N1CCC[C@@H]2CCCC[C@H]21. The minimum absolute atomic E-state index is 0.311. The summed E-state index contributed by atoms with van der Waals surface area (Å²) >= 11 is 0. The number of amides is 1. The molecule has 3 aliphatic rings. The van der Waals surface area contributed by atoms with Gasteiger partial charge in [-0.2, -0.15) is 0 Å². The summed E-state index contributed by atoms with van der Waals surface area (Å²) in [5, 5.41) is 9.44. The van der Waals surface area contributed by atoms with E-state index in [1.807, 2.05) is 12.1 Å². The Balaban J connectivity index is 1.29. The predicted molar refractivity (Wildman–Crippen MR) is 103 cm³/mol. The quantitative estimate of drug-likeness (QED) is 0.856. The summed E-state index contributed by atoms with van der Waals surface area (Å²) in [6.45, 7) is 5.60. The van der Waals surface area contributed by atoms with Crippen LogP contribution in [-0.2, 0) is 4.79 Å². The second-order valence-corrected chi connectivity index (χ2v) is 8.27. The van der Waals surface area contributed by atoms with Gasteiger partial charge in [-0.05, 0) is 55.9 Å². The van der Waals surface area contributed by atoms with Crippen molar-refractivity contribution < 1.29 is 14.8 Å². The van der Waals surface area contributed by atoms with Crippen molar-refractivity contribution in [3.63, 3.8) is 0 Å². The van der Waals surface area contributed by atoms with Crippen molar-refractivity contribution in [1.29, 1.82) is 0 Å². The molecule has 1 aliphatic carbocycles. The van der Waals surface area contributed by atoms with Gasteiger partial charge in [0.25, 0.3) is 5.91 Å². The number of nitrogens with one attached hydrogen (secondary N) is 1. The summed E-state index contributed by atoms with van der Waals surface area (Å²) < 4.78 is 0. The number of piperazine rings is 1. The monoisotopic (exact) mass is 358 g/mol. The van der Waals surface area contributed by atoms with E-state index in [-0.39, 0.29) is 0 Å². The van der Waals surface area contributed by atoms with Crippen LogP contribution in [0.25, 0.3) is 0 Å². The van der Waals surface area contributed by atoms with Gasteiger partial charge in [0.15, 0.2) is 6.54 Å². The molecule has 0 unspecified atom stereocenters. The summed E-state index contributed by atoms with van der Waals surface area (Å²) in [6.07, 6.45) is 7.72. The second kappa shape index (κ2) is 7.87. The van der Waals surface area contributed by atoms with Gasteiger partial charge in [0.05, 0.1) is 26.2 Å². The average molecular weight is 359 g/mol. The molecular formula is C21H32N3O2+. The van der Waals surface area contributed by atoms with Crippen molar-refractivity contribution in [2.45, 2.75) is 44.6 Å². The molecule has 2 saturated heterocycles. The first-order chi connectivity index (χ1) is 12.7. The Bertz CT molecular complexity index is 608. The van der Waals surface area contributed by atoms with Crippen LogP contribution in [0.1, 0.15) is 38.5 Å². The molecule has 0 bridgehead atoms. The molecule has 142 valence electrons. The minimum atomic E-state index is 0.311. The lowest BCUT2D eigenvalue weighted by atomic mass is 9.78. The maximum atomic E-state index is 13.0. The lowest BCUT2D eigenvalue weighted by molar-refractivity contribution is -0.892. The van der Waals surface area contributed by atoms with E-state index in [0.29, 0.717) is 24.2 Å². The van der Waals surface area contributed by atoms with Crippen molar-refractivity contribution in [2.75, 3.05) is 44.2 Å². The Hall–Kier alpha value is -1.75. The van der Waals surface area contributed by atoms with Crippen LogP contribution in [0.3, 0.4) is 0 Å². The Morgan fingerprint density at radius 1 is 1.00 bits per heavy atom. The molecule has 1 amide bonds. The maximum Gasteiger partial charge on any atom is 0.278 e. The largest absolute Gasteiger partial charge is 0.508 e. The summed E-state index contributed by atoms with van der Waals surface area (Å²) in [5.41, 5.74) is 1.16. The first-order valence-electron chi connectivity index (χ1n) is 10.4. The van der Waals surface area contributed by atoms with Crippen LogP contribution in [0.15, 0.2) is 24.3 Å². The van der Waals surface area contributed by atoms with Crippen LogP contribution in [-0.4, -0.2) is 61.2 Å². The number of hydrogen-bond acceptors (Lipinski definition) is 3. The Labute approximate surface area is 156 Å². The fourth-order valence-corrected chi connectivity index (χ4v) is 5.17. The number of likely N-dealkylation sites (tertiary alicyclic amines) is 1. The van der Waals surface area contributed by atoms with Gasteiger partial charge in [0, 0.05) is 18.3 Å². The van der Waals surface area contributed by atoms with E-state index in [1.54, 1.807) is 12.1 Å². The topological polar surface area (TPSA) is 48.2 Å². The van der Waals surface area contributed by atoms with Gasteiger partial charge in [-0.3, -0.25) is 4.79 Å². The number of quaternary nitrogens is 1. The predicted octanol–water partition coefficient (Wildman–Crippen LogP) is 1.28. The van der Waals surface area contributed by atoms with Crippen LogP contribution < -0.4 is 9.80 Å². The Morgan fingerprint density at radius 2 is 1.69 bits per heavy atom. The molecule has 0 aromatic heterocycles. The Morgan fingerprint density at radius 3 is 2.46 bits per heavy atom. The van der Waals surface area contributed by atoms with Gasteiger partial charge in [-0.1, -0.05) is 12.8 Å². The van der Waals surface area contributed by atoms with Gasteiger partial charge in [0.1, 0.15) is 5.75 Å². The minimum Gasteiger partial charge on any atom is -0.508 e. The summed E-state index contributed by atoms with van der Waals surface area (Å²) in [7, 11) is 0. The number of anilines is 1. The van der Waals surface area contributed by atoms with Gasteiger partial charge in [-0.15, -0.1) is 0 Å². The molecule has 5 nitrogen and oxygen atoms in total. The third kappa shape index (κ3) is 3.83. The Kier molecular flexibility index (Phi) is 5.34. The van der Waals surface area contributed by atoms with Crippen molar-refractivity contribution >= 4 is 11.6 Å². The zero-order valence-electron chi connectivity index (χ0n) is 15.7. The number of aromatic hydroxyl groups is 1. The van der Waals surface area contributed by atoms with Crippen molar-refractivity contribution in [3.8, 4) is 5.75 Å². The summed E-state index contributed by atoms with van der Waals surface area (Å²) in [6, 6.07) is 7.97. The molecule has 4 rings (SSSR count). The van der Waals surface area contributed by atoms with E-state index in [1.165, 1.54) is 43.4 Å². The van der Waals surface area contributed by atoms with Gasteiger partial charge >= 0.3 is 0 Å². The fourth-order valence-electron chi connectivity index (χ4n) is 5.17. The smallest absolute Gasteiger partial charge is 0.278 e. The second-order valence-electron chi connectivity index (χ2n) is 8.27. The molecule has 1 aromatic rings. The highest BCUT2D eigenvalue weighted by molar-refractivity contribution is 5.77. The molecule has 1 aromatic carbocycles. The van der Waals surface area contributed by atoms with Crippen LogP contribution in [0.4, 0.5) is 5.69 Å². The molecule has 2 atom stereocenters. The van der Waals surface area contributed by atoms with E-state index in [9.17, 15) is 9.90 Å². The number of piperidine rings is 1. The number of rotatable bonds is 3. The molecular weight excluding hydrogens is 326 g/mol. The molecule has 5 heteroatoms. The molecule has 0 spiro atoms. The number of carbonyl (C=O) groups excluding carboxylic acids is 1. The molecule has 26 heavy (non-hydrogen) atoms. The van der Waals surface area contributed by atoms with Crippen LogP contribution >= 0.6 is 0 Å². The first kappa shape index (κ1) is 17.7. The number of phenols is 1. The molecule has 0 radical (unpaired) electrons. The van der Waals surface area contributed by atoms with E-state index in [0.717, 1.165) is 44.3 Å². The first-order valence-corrected chi connectivity index (χ1v) is 10.4. The fraction of sp³-hybridized carbons (Fsp3) is 0.667. The van der Waals surface area contributed by atoms with E-state index in [2.05, 4.69) is 9.80 Å². The zero-order valence-corrected chi connectivity index (χ0v) is 15.7. The van der Waals surface area contributed by atoms with Crippen molar-refractivity contribution in [3.05, 3.63) is 24.3 Å². The number of nitrogens with zero attached hydrogens (tertiary/aromatic N) is 2. The number of hydrogen-bond donors (Lipinski definition) is 2. The molecule has 2 heterocycles. The van der Waals surface area contributed by atoms with Crippen LogP contribution in [0.2, 0.25) is 0 Å². The maximum absolute atomic E-state index is 13.0. The summed E-state index contributed by atoms with van der Waals surface area (Å²) in [4.78, 5) is 19.0. The van der Waals surface area contributed by atoms with E-state index >= 15 is 0 Å². The number of fused-ring (bicyclic) bond motifs is 1. The molecule has 2 N–H and O–H groups in total. The number of carbonyl (C=O) groups is 1. The van der Waals surface area contributed by atoms with E-state index in [4.69, 9.17) is 0 Å². The lowest BCUT2D eigenvalue weighted by Gasteiger charge is -2.44. The lowest BCUT2D eigenvalue weighted by Crippen LogP contribution is -3.16. The average Bonchev–Trinajstić information content (AvgIpc) is 2.69. The number of benzene rings is 1. The van der Waals surface area contributed by atoms with E-state index < -0.39 is 0 Å². The van der Waals surface area contributed by atoms with Gasteiger partial charge in [-0.25, -0.2) is 0 Å². The highest BCUT2D eigenvalue weighted by atomic mass is 16.3. The molecule has 3 fully saturated rings. The van der Waals surface area contributed by atoms with Crippen molar-refractivity contribution in [2.24, 2.45) is 5.92 Å². The van der Waals surface area contributed by atoms with Crippen LogP contribution in [0, 0.1) is 5.92 Å². The van der Waals surface area contributed by atoms with Crippen molar-refractivity contribution in [1.82, 2.24) is 4.90 Å². The highest BCUT2D eigenvalue weighted by Gasteiger charge is 2.37. The standard InChI is InChI=1S/C21H31N3O2/c25-19-9-7-18(8-10-19)23-14-12-22(13-15-23)16-21(26)24-11-3-5-17-4-1-2-6-20(17)24/h7-10,17,20,25H,1-6,11-16H2/p+1/t17-,20+/m0/s1. The summed E-state index contributed by atoms with van der Waals surface area (Å²) in [5.74, 6) is 1.46. The third-order valence-corrected chi connectivity index (χ3v) is 6.65. The normalized spacial score (nSPS) is 27.2. The highest BCUT2D eigenvalue weighted by Crippen LogP contribution is 2.35. The zero-order chi connectivity index (χ0) is 17.9.